The van der Waals surface area contributed by atoms with Gasteiger partial charge in [0.1, 0.15) is 18.2 Å². The molecule has 0 aliphatic rings. The third-order valence-corrected chi connectivity index (χ3v) is 5.40. The summed E-state index contributed by atoms with van der Waals surface area (Å²) in [6.45, 7) is 2.83. The fourth-order valence-corrected chi connectivity index (χ4v) is 3.47. The van der Waals surface area contributed by atoms with Crippen LogP contribution in [0.1, 0.15) is 30.0 Å². The van der Waals surface area contributed by atoms with Gasteiger partial charge in [-0.2, -0.15) is 0 Å². The number of rotatable bonds is 9. The Bertz CT molecular complexity index is 913. The van der Waals surface area contributed by atoms with Gasteiger partial charge in [0, 0.05) is 28.7 Å². The molecule has 0 bridgehead atoms. The van der Waals surface area contributed by atoms with E-state index in [0.29, 0.717) is 33.9 Å². The first-order valence-corrected chi connectivity index (χ1v) is 10.4. The fraction of sp³-hybridized carbons (Fsp3) is 0.250. The summed E-state index contributed by atoms with van der Waals surface area (Å²) in [5.74, 6) is 0.289. The van der Waals surface area contributed by atoms with E-state index < -0.39 is 0 Å². The molecule has 0 spiro atoms. The lowest BCUT2D eigenvalue weighted by molar-refractivity contribution is 0.295. The monoisotopic (exact) mass is 431 g/mol. The van der Waals surface area contributed by atoms with Gasteiger partial charge in [-0.05, 0) is 55.7 Å². The standard InChI is InChI=1S/C24H24Cl2FNO/c1-17(10-11-18-6-3-2-4-7-18)28-15-19-14-20(25)12-13-24(19)29-16-21-22(26)8-5-9-23(21)27/h2-9,12-14,17,28H,10-11,15-16H2,1H3/t17-/m1/s1. The zero-order valence-electron chi connectivity index (χ0n) is 16.3. The maximum absolute atomic E-state index is 14.0. The first-order valence-electron chi connectivity index (χ1n) is 9.64. The first-order chi connectivity index (χ1) is 14.0. The second-order valence-corrected chi connectivity index (χ2v) is 7.89. The molecule has 3 rings (SSSR count). The van der Waals surface area contributed by atoms with Gasteiger partial charge in [-0.25, -0.2) is 4.39 Å². The van der Waals surface area contributed by atoms with Crippen molar-refractivity contribution in [2.24, 2.45) is 0 Å². The highest BCUT2D eigenvalue weighted by atomic mass is 35.5. The molecule has 3 aromatic rings. The van der Waals surface area contributed by atoms with Crippen molar-refractivity contribution < 1.29 is 9.13 Å². The van der Waals surface area contributed by atoms with Crippen LogP contribution in [0.15, 0.2) is 66.7 Å². The molecule has 2 nitrogen and oxygen atoms in total. The first kappa shape index (κ1) is 21.6. The number of hydrogen-bond acceptors (Lipinski definition) is 2. The average molecular weight is 432 g/mol. The third kappa shape index (κ3) is 6.46. The van der Waals surface area contributed by atoms with Crippen LogP contribution in [0.3, 0.4) is 0 Å². The third-order valence-electron chi connectivity index (χ3n) is 4.81. The normalized spacial score (nSPS) is 12.0. The molecule has 0 aliphatic heterocycles. The second-order valence-electron chi connectivity index (χ2n) is 7.05. The van der Waals surface area contributed by atoms with Gasteiger partial charge in [0.15, 0.2) is 0 Å². The Morgan fingerprint density at radius 1 is 1.00 bits per heavy atom. The van der Waals surface area contributed by atoms with Crippen molar-refractivity contribution >= 4 is 23.2 Å². The zero-order valence-corrected chi connectivity index (χ0v) is 17.8. The lowest BCUT2D eigenvalue weighted by atomic mass is 10.1. The number of aryl methyl sites for hydroxylation is 1. The number of benzene rings is 3. The van der Waals surface area contributed by atoms with Crippen LogP contribution in [0.25, 0.3) is 0 Å². The summed E-state index contributed by atoms with van der Waals surface area (Å²) in [4.78, 5) is 0. The molecule has 3 aromatic carbocycles. The molecule has 0 aliphatic carbocycles. The lowest BCUT2D eigenvalue weighted by Crippen LogP contribution is -2.26. The van der Waals surface area contributed by atoms with Crippen LogP contribution in [0.2, 0.25) is 10.0 Å². The quantitative estimate of drug-likeness (QED) is 0.401. The van der Waals surface area contributed by atoms with E-state index in [1.807, 2.05) is 18.2 Å². The summed E-state index contributed by atoms with van der Waals surface area (Å²) >= 11 is 12.3. The molecular weight excluding hydrogens is 408 g/mol. The highest BCUT2D eigenvalue weighted by molar-refractivity contribution is 6.31. The van der Waals surface area contributed by atoms with Crippen molar-refractivity contribution in [3.05, 3.63) is 99.3 Å². The molecule has 1 N–H and O–H groups in total. The number of ether oxygens (including phenoxy) is 1. The molecule has 0 fully saturated rings. The summed E-state index contributed by atoms with van der Waals surface area (Å²) in [6.07, 6.45) is 2.03. The summed E-state index contributed by atoms with van der Waals surface area (Å²) in [6, 6.07) is 20.8. The Balaban J connectivity index is 1.59. The summed E-state index contributed by atoms with van der Waals surface area (Å²) in [7, 11) is 0. The molecule has 152 valence electrons. The minimum absolute atomic E-state index is 0.0592. The molecule has 5 heteroatoms. The number of halogens is 3. The van der Waals surface area contributed by atoms with E-state index >= 15 is 0 Å². The lowest BCUT2D eigenvalue weighted by Gasteiger charge is -2.17. The van der Waals surface area contributed by atoms with Crippen molar-refractivity contribution in [3.8, 4) is 5.75 Å². The Kier molecular flexibility index (Phi) is 7.93. The van der Waals surface area contributed by atoms with Crippen LogP contribution in [-0.2, 0) is 19.6 Å². The van der Waals surface area contributed by atoms with Gasteiger partial charge < -0.3 is 10.1 Å². The van der Waals surface area contributed by atoms with Crippen LogP contribution in [0.5, 0.6) is 5.75 Å². The maximum Gasteiger partial charge on any atom is 0.131 e. The van der Waals surface area contributed by atoms with Gasteiger partial charge in [-0.15, -0.1) is 0 Å². The predicted molar refractivity (Wildman–Crippen MR) is 118 cm³/mol. The van der Waals surface area contributed by atoms with E-state index in [9.17, 15) is 4.39 Å². The van der Waals surface area contributed by atoms with Crippen molar-refractivity contribution in [2.45, 2.75) is 39.0 Å². The molecule has 1 atom stereocenters. The van der Waals surface area contributed by atoms with E-state index in [1.54, 1.807) is 18.2 Å². The van der Waals surface area contributed by atoms with Crippen molar-refractivity contribution in [3.63, 3.8) is 0 Å². The topological polar surface area (TPSA) is 21.3 Å². The largest absolute Gasteiger partial charge is 0.488 e. The maximum atomic E-state index is 14.0. The van der Waals surface area contributed by atoms with Crippen LogP contribution >= 0.6 is 23.2 Å². The highest BCUT2D eigenvalue weighted by Crippen LogP contribution is 2.26. The summed E-state index contributed by atoms with van der Waals surface area (Å²) < 4.78 is 19.9. The molecule has 0 aromatic heterocycles. The van der Waals surface area contributed by atoms with E-state index in [-0.39, 0.29) is 12.4 Å². The van der Waals surface area contributed by atoms with E-state index in [1.165, 1.54) is 11.6 Å². The van der Waals surface area contributed by atoms with Crippen LogP contribution in [0.4, 0.5) is 4.39 Å². The predicted octanol–water partition coefficient (Wildman–Crippen LogP) is 6.82. The van der Waals surface area contributed by atoms with Gasteiger partial charge in [0.05, 0.1) is 5.02 Å². The minimum atomic E-state index is -0.374. The SMILES string of the molecule is C[C@H](CCc1ccccc1)NCc1cc(Cl)ccc1OCc1c(F)cccc1Cl. The molecule has 29 heavy (non-hydrogen) atoms. The van der Waals surface area contributed by atoms with Gasteiger partial charge in [-0.3, -0.25) is 0 Å². The van der Waals surface area contributed by atoms with Crippen LogP contribution < -0.4 is 10.1 Å². The minimum Gasteiger partial charge on any atom is -0.488 e. The molecule has 0 radical (unpaired) electrons. The van der Waals surface area contributed by atoms with Crippen molar-refractivity contribution in [2.75, 3.05) is 0 Å². The highest BCUT2D eigenvalue weighted by Gasteiger charge is 2.11. The molecule has 0 saturated carbocycles. The molecule has 0 unspecified atom stereocenters. The van der Waals surface area contributed by atoms with E-state index in [2.05, 4.69) is 36.5 Å². The van der Waals surface area contributed by atoms with E-state index in [0.717, 1.165) is 18.4 Å². The number of hydrogen-bond donors (Lipinski definition) is 1. The summed E-state index contributed by atoms with van der Waals surface area (Å²) in [5.41, 5.74) is 2.60. The van der Waals surface area contributed by atoms with Crippen molar-refractivity contribution in [1.29, 1.82) is 0 Å². The zero-order chi connectivity index (χ0) is 20.6. The fourth-order valence-electron chi connectivity index (χ4n) is 3.06. The molecular formula is C24H24Cl2FNO. The van der Waals surface area contributed by atoms with Gasteiger partial charge >= 0.3 is 0 Å². The van der Waals surface area contributed by atoms with Crippen LogP contribution in [0, 0.1) is 5.82 Å². The van der Waals surface area contributed by atoms with Gasteiger partial charge in [0.25, 0.3) is 0 Å². The molecule has 0 heterocycles. The van der Waals surface area contributed by atoms with Gasteiger partial charge in [0.2, 0.25) is 0 Å². The molecule has 0 saturated heterocycles. The Hall–Kier alpha value is -2.07. The van der Waals surface area contributed by atoms with Crippen molar-refractivity contribution in [1.82, 2.24) is 5.32 Å². The smallest absolute Gasteiger partial charge is 0.131 e. The average Bonchev–Trinajstić information content (AvgIpc) is 2.72. The van der Waals surface area contributed by atoms with Crippen LogP contribution in [-0.4, -0.2) is 6.04 Å². The van der Waals surface area contributed by atoms with Gasteiger partial charge in [-0.1, -0.05) is 59.6 Å². The summed E-state index contributed by atoms with van der Waals surface area (Å²) in [5, 5.41) is 4.51. The second kappa shape index (κ2) is 10.6. The molecule has 0 amide bonds. The Morgan fingerprint density at radius 3 is 2.55 bits per heavy atom. The Morgan fingerprint density at radius 2 is 1.79 bits per heavy atom. The Labute approximate surface area is 181 Å². The number of nitrogens with one attached hydrogen (secondary N) is 1. The van der Waals surface area contributed by atoms with E-state index in [4.69, 9.17) is 27.9 Å².